The number of carboxylic acid groups (broad SMARTS) is 1. The lowest BCUT2D eigenvalue weighted by Crippen LogP contribution is -2.38. The predicted octanol–water partition coefficient (Wildman–Crippen LogP) is 3.28. The maximum Gasteiger partial charge on any atom is 0.407 e. The molecule has 0 spiro atoms. The standard InChI is InChI=1S/C15H18ClN3O2S/c1-17-14-19(12-3-2-11(16)8-13(12)22-14)9-10-4-6-18(7-5-10)15(20)21/h2-3,8,10H,4-7,9H2,1H3,(H,20,21). The van der Waals surface area contributed by atoms with Crippen LogP contribution >= 0.6 is 22.9 Å². The van der Waals surface area contributed by atoms with E-state index in [-0.39, 0.29) is 0 Å². The van der Waals surface area contributed by atoms with Crippen LogP contribution < -0.4 is 4.80 Å². The number of amides is 1. The topological polar surface area (TPSA) is 57.8 Å². The van der Waals surface area contributed by atoms with Gasteiger partial charge in [-0.1, -0.05) is 22.9 Å². The van der Waals surface area contributed by atoms with E-state index in [0.717, 1.165) is 39.4 Å². The molecule has 1 aromatic heterocycles. The van der Waals surface area contributed by atoms with Gasteiger partial charge in [0.25, 0.3) is 0 Å². The van der Waals surface area contributed by atoms with Crippen LogP contribution in [0, 0.1) is 5.92 Å². The number of fused-ring (bicyclic) bond motifs is 1. The van der Waals surface area contributed by atoms with E-state index in [2.05, 4.69) is 9.56 Å². The SMILES string of the molecule is CN=c1sc2cc(Cl)ccc2n1CC1CCN(C(=O)O)CC1. The maximum atomic E-state index is 11.0. The van der Waals surface area contributed by atoms with E-state index in [9.17, 15) is 4.79 Å². The van der Waals surface area contributed by atoms with E-state index in [1.165, 1.54) is 4.90 Å². The first-order valence-electron chi connectivity index (χ1n) is 7.28. The molecular formula is C15H18ClN3O2S. The van der Waals surface area contributed by atoms with Crippen molar-refractivity contribution in [2.45, 2.75) is 19.4 Å². The van der Waals surface area contributed by atoms with Gasteiger partial charge in [0.15, 0.2) is 4.80 Å². The lowest BCUT2D eigenvalue weighted by atomic mass is 9.97. The third kappa shape index (κ3) is 2.98. The van der Waals surface area contributed by atoms with Gasteiger partial charge in [0, 0.05) is 31.7 Å². The second kappa shape index (κ2) is 6.30. The van der Waals surface area contributed by atoms with Crippen LogP contribution in [0.2, 0.25) is 5.02 Å². The summed E-state index contributed by atoms with van der Waals surface area (Å²) in [4.78, 5) is 17.8. The molecule has 1 aliphatic rings. The summed E-state index contributed by atoms with van der Waals surface area (Å²) in [6.45, 7) is 2.11. The highest BCUT2D eigenvalue weighted by Crippen LogP contribution is 2.25. The van der Waals surface area contributed by atoms with E-state index in [1.807, 2.05) is 18.2 Å². The fourth-order valence-electron chi connectivity index (χ4n) is 2.96. The van der Waals surface area contributed by atoms with Crippen molar-refractivity contribution in [3.8, 4) is 0 Å². The van der Waals surface area contributed by atoms with Crippen molar-refractivity contribution in [3.05, 3.63) is 28.0 Å². The Morgan fingerprint density at radius 3 is 2.82 bits per heavy atom. The molecule has 3 rings (SSSR count). The average Bonchev–Trinajstić information content (AvgIpc) is 2.84. The quantitative estimate of drug-likeness (QED) is 0.912. The van der Waals surface area contributed by atoms with Crippen LogP contribution in [0.5, 0.6) is 0 Å². The average molecular weight is 340 g/mol. The number of nitrogens with zero attached hydrogens (tertiary/aromatic N) is 3. The lowest BCUT2D eigenvalue weighted by molar-refractivity contribution is 0.121. The zero-order valence-corrected chi connectivity index (χ0v) is 13.9. The van der Waals surface area contributed by atoms with Crippen LogP contribution in [0.15, 0.2) is 23.2 Å². The summed E-state index contributed by atoms with van der Waals surface area (Å²) < 4.78 is 3.37. The maximum absolute atomic E-state index is 11.0. The molecule has 7 heteroatoms. The molecule has 0 radical (unpaired) electrons. The Bertz CT molecular complexity index is 760. The minimum atomic E-state index is -0.814. The molecule has 1 aliphatic heterocycles. The molecule has 1 aromatic carbocycles. The summed E-state index contributed by atoms with van der Waals surface area (Å²) in [5.41, 5.74) is 1.15. The highest BCUT2D eigenvalue weighted by atomic mass is 35.5. The van der Waals surface area contributed by atoms with Gasteiger partial charge in [-0.05, 0) is 37.0 Å². The first-order chi connectivity index (χ1) is 10.6. The zero-order valence-electron chi connectivity index (χ0n) is 12.3. The summed E-state index contributed by atoms with van der Waals surface area (Å²) >= 11 is 7.71. The van der Waals surface area contributed by atoms with Crippen LogP contribution in [-0.4, -0.2) is 40.8 Å². The van der Waals surface area contributed by atoms with Gasteiger partial charge < -0.3 is 14.6 Å². The molecule has 0 atom stereocenters. The fourth-order valence-corrected chi connectivity index (χ4v) is 4.23. The van der Waals surface area contributed by atoms with Crippen molar-refractivity contribution in [3.63, 3.8) is 0 Å². The molecule has 1 saturated heterocycles. The Morgan fingerprint density at radius 2 is 2.18 bits per heavy atom. The molecule has 0 aliphatic carbocycles. The van der Waals surface area contributed by atoms with Gasteiger partial charge in [0.1, 0.15) is 0 Å². The number of carbonyl (C=O) groups is 1. The molecule has 2 aromatic rings. The molecule has 2 heterocycles. The second-order valence-corrected chi connectivity index (χ2v) is 6.99. The van der Waals surface area contributed by atoms with Crippen LogP contribution in [-0.2, 0) is 6.54 Å². The Labute approximate surface area is 137 Å². The molecule has 118 valence electrons. The fraction of sp³-hybridized carbons (Fsp3) is 0.467. The molecule has 0 bridgehead atoms. The normalized spacial score (nSPS) is 17.4. The Morgan fingerprint density at radius 1 is 1.45 bits per heavy atom. The number of aromatic nitrogens is 1. The summed E-state index contributed by atoms with van der Waals surface area (Å²) in [5.74, 6) is 0.481. The zero-order chi connectivity index (χ0) is 15.7. The van der Waals surface area contributed by atoms with Gasteiger partial charge >= 0.3 is 6.09 Å². The minimum absolute atomic E-state index is 0.481. The first-order valence-corrected chi connectivity index (χ1v) is 8.47. The first kappa shape index (κ1) is 15.4. The number of benzene rings is 1. The molecule has 1 N–H and O–H groups in total. The Kier molecular flexibility index (Phi) is 4.40. The number of hydrogen-bond acceptors (Lipinski definition) is 3. The van der Waals surface area contributed by atoms with Crippen molar-refractivity contribution < 1.29 is 9.90 Å². The summed E-state index contributed by atoms with van der Waals surface area (Å²) in [6.07, 6.45) is 0.979. The Hall–Kier alpha value is -1.53. The Balaban J connectivity index is 1.84. The number of halogens is 1. The van der Waals surface area contributed by atoms with E-state index in [1.54, 1.807) is 18.4 Å². The van der Waals surface area contributed by atoms with Crippen molar-refractivity contribution in [1.29, 1.82) is 0 Å². The predicted molar refractivity (Wildman–Crippen MR) is 88.6 cm³/mol. The number of piperidine rings is 1. The van der Waals surface area contributed by atoms with E-state index < -0.39 is 6.09 Å². The van der Waals surface area contributed by atoms with E-state index in [0.29, 0.717) is 19.0 Å². The second-order valence-electron chi connectivity index (χ2n) is 5.54. The number of rotatable bonds is 2. The molecular weight excluding hydrogens is 322 g/mol. The molecule has 1 fully saturated rings. The van der Waals surface area contributed by atoms with Crippen molar-refractivity contribution in [1.82, 2.24) is 9.47 Å². The van der Waals surface area contributed by atoms with Crippen molar-refractivity contribution >= 4 is 39.2 Å². The minimum Gasteiger partial charge on any atom is -0.465 e. The highest BCUT2D eigenvalue weighted by molar-refractivity contribution is 7.16. The molecule has 5 nitrogen and oxygen atoms in total. The summed E-state index contributed by atoms with van der Waals surface area (Å²) in [6, 6.07) is 5.91. The number of likely N-dealkylation sites (tertiary alicyclic amines) is 1. The lowest BCUT2D eigenvalue weighted by Gasteiger charge is -2.30. The highest BCUT2D eigenvalue weighted by Gasteiger charge is 2.23. The van der Waals surface area contributed by atoms with E-state index in [4.69, 9.17) is 16.7 Å². The molecule has 22 heavy (non-hydrogen) atoms. The van der Waals surface area contributed by atoms with Crippen LogP contribution in [0.1, 0.15) is 12.8 Å². The van der Waals surface area contributed by atoms with E-state index >= 15 is 0 Å². The van der Waals surface area contributed by atoms with Gasteiger partial charge in [-0.2, -0.15) is 0 Å². The molecule has 1 amide bonds. The molecule has 0 unspecified atom stereocenters. The van der Waals surface area contributed by atoms with Gasteiger partial charge in [-0.25, -0.2) is 4.79 Å². The van der Waals surface area contributed by atoms with Crippen LogP contribution in [0.4, 0.5) is 4.79 Å². The van der Waals surface area contributed by atoms with Crippen LogP contribution in [0.25, 0.3) is 10.2 Å². The third-order valence-corrected chi connectivity index (χ3v) is 5.53. The molecule has 0 saturated carbocycles. The van der Waals surface area contributed by atoms with Gasteiger partial charge in [0.05, 0.1) is 10.2 Å². The number of thiazole rings is 1. The van der Waals surface area contributed by atoms with Crippen LogP contribution in [0.3, 0.4) is 0 Å². The van der Waals surface area contributed by atoms with Crippen molar-refractivity contribution in [2.75, 3.05) is 20.1 Å². The number of hydrogen-bond donors (Lipinski definition) is 1. The van der Waals surface area contributed by atoms with Crippen molar-refractivity contribution in [2.24, 2.45) is 10.9 Å². The summed E-state index contributed by atoms with van der Waals surface area (Å²) in [7, 11) is 1.80. The monoisotopic (exact) mass is 339 g/mol. The van der Waals surface area contributed by atoms with Gasteiger partial charge in [-0.15, -0.1) is 0 Å². The van der Waals surface area contributed by atoms with Gasteiger partial charge in [-0.3, -0.25) is 4.99 Å². The van der Waals surface area contributed by atoms with Gasteiger partial charge in [0.2, 0.25) is 0 Å². The summed E-state index contributed by atoms with van der Waals surface area (Å²) in [5, 5.41) is 9.76. The third-order valence-electron chi connectivity index (χ3n) is 4.16. The smallest absolute Gasteiger partial charge is 0.407 e. The largest absolute Gasteiger partial charge is 0.465 e.